The van der Waals surface area contributed by atoms with Crippen LogP contribution in [-0.4, -0.2) is 35.6 Å². The fourth-order valence-electron chi connectivity index (χ4n) is 1.41. The van der Waals surface area contributed by atoms with E-state index in [1.807, 2.05) is 6.07 Å². The quantitative estimate of drug-likeness (QED) is 0.826. The van der Waals surface area contributed by atoms with E-state index in [9.17, 15) is 5.11 Å². The van der Waals surface area contributed by atoms with Crippen LogP contribution in [0.4, 0.5) is 0 Å². The minimum absolute atomic E-state index is 0.0443. The molecule has 106 valence electrons. The Hall–Kier alpha value is -2.05. The zero-order valence-electron chi connectivity index (χ0n) is 10.7. The first-order valence-corrected chi connectivity index (χ1v) is 6.19. The molecule has 1 heterocycles. The van der Waals surface area contributed by atoms with E-state index in [4.69, 9.17) is 25.8 Å². The minimum atomic E-state index is -0.198. The smallest absolute Gasteiger partial charge is 0.281 e. The molecule has 1 N–H and O–H groups in total. The van der Waals surface area contributed by atoms with Crippen molar-refractivity contribution in [2.45, 2.75) is 0 Å². The molecule has 0 saturated carbocycles. The summed E-state index contributed by atoms with van der Waals surface area (Å²) in [5, 5.41) is 17.1. The molecule has 6 nitrogen and oxygen atoms in total. The number of halogens is 1. The van der Waals surface area contributed by atoms with Gasteiger partial charge in [0.15, 0.2) is 22.4 Å². The second kappa shape index (κ2) is 6.93. The van der Waals surface area contributed by atoms with Crippen molar-refractivity contribution < 1.29 is 19.3 Å². The molecule has 0 aliphatic heterocycles. The number of nitrogens with zero attached hydrogens (tertiary/aromatic N) is 2. The van der Waals surface area contributed by atoms with Gasteiger partial charge in [-0.1, -0.05) is 23.7 Å². The Labute approximate surface area is 120 Å². The second-order valence-corrected chi connectivity index (χ2v) is 4.13. The number of methoxy groups -OCH3 is 1. The van der Waals surface area contributed by atoms with Crippen LogP contribution >= 0.6 is 11.6 Å². The summed E-state index contributed by atoms with van der Waals surface area (Å²) in [5.74, 6) is 0.685. The van der Waals surface area contributed by atoms with Gasteiger partial charge in [-0.15, -0.1) is 10.2 Å². The molecule has 1 aromatic heterocycles. The largest absolute Gasteiger partial charge is 0.503 e. The van der Waals surface area contributed by atoms with E-state index < -0.39 is 0 Å². The summed E-state index contributed by atoms with van der Waals surface area (Å²) in [5.41, 5.74) is 0. The van der Waals surface area contributed by atoms with Crippen molar-refractivity contribution in [3.8, 4) is 23.1 Å². The molecule has 0 unspecified atom stereocenters. The average Bonchev–Trinajstić information content (AvgIpc) is 2.44. The van der Waals surface area contributed by atoms with Crippen LogP contribution in [0.5, 0.6) is 23.1 Å². The van der Waals surface area contributed by atoms with E-state index in [0.29, 0.717) is 24.7 Å². The number of rotatable bonds is 6. The lowest BCUT2D eigenvalue weighted by atomic mass is 10.3. The lowest BCUT2D eigenvalue weighted by molar-refractivity contribution is 0.144. The van der Waals surface area contributed by atoms with E-state index in [-0.39, 0.29) is 16.8 Å². The molecule has 1 aromatic carbocycles. The van der Waals surface area contributed by atoms with E-state index >= 15 is 0 Å². The molecule has 0 spiro atoms. The lowest BCUT2D eigenvalue weighted by Gasteiger charge is -2.11. The van der Waals surface area contributed by atoms with Gasteiger partial charge in [-0.3, -0.25) is 0 Å². The van der Waals surface area contributed by atoms with Crippen molar-refractivity contribution >= 4 is 11.6 Å². The molecule has 0 fully saturated rings. The molecule has 2 aromatic rings. The van der Waals surface area contributed by atoms with Gasteiger partial charge >= 0.3 is 0 Å². The summed E-state index contributed by atoms with van der Waals surface area (Å²) in [6.07, 6.45) is 0. The number of hydrogen-bond donors (Lipinski definition) is 1. The fourth-order valence-corrected chi connectivity index (χ4v) is 1.55. The van der Waals surface area contributed by atoms with Crippen LogP contribution in [0.25, 0.3) is 0 Å². The number of benzene rings is 1. The molecular formula is C13H13ClN2O4. The van der Waals surface area contributed by atoms with Gasteiger partial charge < -0.3 is 19.3 Å². The Bertz CT molecular complexity index is 580. The van der Waals surface area contributed by atoms with Gasteiger partial charge in [0.05, 0.1) is 6.61 Å². The molecule has 0 atom stereocenters. The molecule has 0 amide bonds. The van der Waals surface area contributed by atoms with Gasteiger partial charge in [0.2, 0.25) is 0 Å². The van der Waals surface area contributed by atoms with Gasteiger partial charge in [-0.25, -0.2) is 0 Å². The maximum atomic E-state index is 9.68. The molecule has 2 rings (SSSR count). The summed E-state index contributed by atoms with van der Waals surface area (Å²) in [6.45, 7) is 0.843. The first-order valence-electron chi connectivity index (χ1n) is 5.81. The maximum absolute atomic E-state index is 9.68. The summed E-state index contributed by atoms with van der Waals surface area (Å²) >= 11 is 5.61. The highest BCUT2D eigenvalue weighted by Gasteiger charge is 2.11. The Kier molecular flexibility index (Phi) is 4.97. The Morgan fingerprint density at radius 1 is 1.15 bits per heavy atom. The van der Waals surface area contributed by atoms with Crippen LogP contribution in [0.2, 0.25) is 5.15 Å². The van der Waals surface area contributed by atoms with Gasteiger partial charge in [0.25, 0.3) is 5.88 Å². The first kappa shape index (κ1) is 14.4. The number of hydrogen-bond acceptors (Lipinski definition) is 6. The van der Waals surface area contributed by atoms with Crippen LogP contribution < -0.4 is 9.47 Å². The molecule has 20 heavy (non-hydrogen) atoms. The monoisotopic (exact) mass is 296 g/mol. The van der Waals surface area contributed by atoms with E-state index in [1.165, 1.54) is 6.07 Å². The zero-order chi connectivity index (χ0) is 14.4. The highest BCUT2D eigenvalue weighted by atomic mass is 35.5. The van der Waals surface area contributed by atoms with Gasteiger partial charge in [0.1, 0.15) is 6.61 Å². The third kappa shape index (κ3) is 3.72. The van der Waals surface area contributed by atoms with Crippen LogP contribution in [-0.2, 0) is 4.74 Å². The normalized spacial score (nSPS) is 10.3. The summed E-state index contributed by atoms with van der Waals surface area (Å²) < 4.78 is 15.9. The Morgan fingerprint density at radius 3 is 2.60 bits per heavy atom. The molecule has 0 aliphatic rings. The third-order valence-corrected chi connectivity index (χ3v) is 2.50. The summed E-state index contributed by atoms with van der Waals surface area (Å²) in [6, 6.07) is 8.27. The molecule has 0 bridgehead atoms. The van der Waals surface area contributed by atoms with Crippen LogP contribution in [0.15, 0.2) is 30.3 Å². The summed E-state index contributed by atoms with van der Waals surface area (Å²) in [7, 11) is 1.59. The Balaban J connectivity index is 2.16. The zero-order valence-corrected chi connectivity index (χ0v) is 11.5. The van der Waals surface area contributed by atoms with Crippen molar-refractivity contribution in [1.82, 2.24) is 10.2 Å². The maximum Gasteiger partial charge on any atom is 0.281 e. The second-order valence-electron chi connectivity index (χ2n) is 3.75. The molecule has 0 saturated heterocycles. The fraction of sp³-hybridized carbons (Fsp3) is 0.231. The highest BCUT2D eigenvalue weighted by molar-refractivity contribution is 6.29. The van der Waals surface area contributed by atoms with Crippen molar-refractivity contribution in [3.05, 3.63) is 35.5 Å². The predicted octanol–water partition coefficient (Wildman–Crippen LogP) is 2.65. The number of aromatic hydroxyl groups is 1. The van der Waals surface area contributed by atoms with Gasteiger partial charge in [0, 0.05) is 13.2 Å². The standard InChI is InChI=1S/C13H13ClN2O4/c1-18-6-7-19-10-4-2-3-5-11(10)20-13-9(17)8-12(14)15-16-13/h2-5,8H,6-7H2,1H3,(H,15,17). The average molecular weight is 297 g/mol. The van der Waals surface area contributed by atoms with Crippen molar-refractivity contribution in [1.29, 1.82) is 0 Å². The summed E-state index contributed by atoms with van der Waals surface area (Å²) in [4.78, 5) is 0. The number of aromatic nitrogens is 2. The van der Waals surface area contributed by atoms with Crippen molar-refractivity contribution in [2.24, 2.45) is 0 Å². The third-order valence-electron chi connectivity index (χ3n) is 2.31. The van der Waals surface area contributed by atoms with Crippen LogP contribution in [0, 0.1) is 0 Å². The predicted molar refractivity (Wildman–Crippen MR) is 72.6 cm³/mol. The molecule has 0 aliphatic carbocycles. The SMILES string of the molecule is COCCOc1ccccc1Oc1nnc(Cl)cc1O. The highest BCUT2D eigenvalue weighted by Crippen LogP contribution is 2.34. The molecular weight excluding hydrogens is 284 g/mol. The van der Waals surface area contributed by atoms with E-state index in [0.717, 1.165) is 0 Å². The van der Waals surface area contributed by atoms with E-state index in [2.05, 4.69) is 10.2 Å². The Morgan fingerprint density at radius 2 is 1.90 bits per heavy atom. The van der Waals surface area contributed by atoms with Crippen molar-refractivity contribution in [3.63, 3.8) is 0 Å². The molecule has 7 heteroatoms. The van der Waals surface area contributed by atoms with Crippen LogP contribution in [0.3, 0.4) is 0 Å². The van der Waals surface area contributed by atoms with E-state index in [1.54, 1.807) is 25.3 Å². The van der Waals surface area contributed by atoms with Crippen LogP contribution in [0.1, 0.15) is 0 Å². The van der Waals surface area contributed by atoms with Gasteiger partial charge in [-0.2, -0.15) is 0 Å². The molecule has 0 radical (unpaired) electrons. The first-order chi connectivity index (χ1) is 9.70. The van der Waals surface area contributed by atoms with Gasteiger partial charge in [-0.05, 0) is 12.1 Å². The van der Waals surface area contributed by atoms with Crippen molar-refractivity contribution in [2.75, 3.05) is 20.3 Å². The minimum Gasteiger partial charge on any atom is -0.503 e. The lowest BCUT2D eigenvalue weighted by Crippen LogP contribution is -2.05. The number of ether oxygens (including phenoxy) is 3. The number of para-hydroxylation sites is 2. The topological polar surface area (TPSA) is 73.7 Å².